The molecule has 1 fully saturated rings. The molecule has 2 amide bonds. The zero-order valence-electron chi connectivity index (χ0n) is 20.7. The molecule has 5 rings (SSSR count). The summed E-state index contributed by atoms with van der Waals surface area (Å²) in [6, 6.07) is 24.6. The van der Waals surface area contributed by atoms with Crippen molar-refractivity contribution < 1.29 is 18.7 Å². The summed E-state index contributed by atoms with van der Waals surface area (Å²) >= 11 is 3.40. The van der Waals surface area contributed by atoms with Crippen LogP contribution >= 0.6 is 15.9 Å². The average Bonchev–Trinajstić information content (AvgIpc) is 3.34. The number of amides is 2. The number of rotatable bonds is 6. The van der Waals surface area contributed by atoms with Crippen LogP contribution in [0, 0.1) is 0 Å². The second kappa shape index (κ2) is 10.3. The number of anilines is 2. The van der Waals surface area contributed by atoms with E-state index >= 15 is 0 Å². The molecule has 0 atom stereocenters. The molecule has 1 N–H and O–H groups in total. The highest BCUT2D eigenvalue weighted by Gasteiger charge is 2.30. The first-order valence-electron chi connectivity index (χ1n) is 12.2. The first-order valence-corrected chi connectivity index (χ1v) is 13.0. The highest BCUT2D eigenvalue weighted by atomic mass is 79.9. The number of para-hydroxylation sites is 1. The van der Waals surface area contributed by atoms with Gasteiger partial charge in [0.25, 0.3) is 11.8 Å². The Morgan fingerprint density at radius 1 is 0.919 bits per heavy atom. The van der Waals surface area contributed by atoms with E-state index in [1.54, 1.807) is 13.8 Å². The quantitative estimate of drug-likeness (QED) is 0.314. The van der Waals surface area contributed by atoms with E-state index < -0.39 is 5.60 Å². The number of hydrogen-bond acceptors (Lipinski definition) is 5. The predicted molar refractivity (Wildman–Crippen MR) is 148 cm³/mol. The summed E-state index contributed by atoms with van der Waals surface area (Å²) in [5.41, 5.74) is 1.41. The van der Waals surface area contributed by atoms with Gasteiger partial charge in [-0.2, -0.15) is 0 Å². The highest BCUT2D eigenvalue weighted by molar-refractivity contribution is 9.10. The molecule has 0 aliphatic carbocycles. The van der Waals surface area contributed by atoms with Crippen LogP contribution in [-0.2, 0) is 4.79 Å². The maximum Gasteiger partial charge on any atom is 0.289 e. The lowest BCUT2D eigenvalue weighted by molar-refractivity contribution is -0.128. The third-order valence-corrected chi connectivity index (χ3v) is 6.96. The molecule has 3 aromatic carbocycles. The molecule has 0 bridgehead atoms. The third-order valence-electron chi connectivity index (χ3n) is 6.43. The van der Waals surface area contributed by atoms with Crippen molar-refractivity contribution in [2.24, 2.45) is 0 Å². The van der Waals surface area contributed by atoms with Crippen LogP contribution in [0.1, 0.15) is 24.4 Å². The van der Waals surface area contributed by atoms with Crippen LogP contribution in [0.15, 0.2) is 87.8 Å². The van der Waals surface area contributed by atoms with Crippen LogP contribution in [-0.4, -0.2) is 48.5 Å². The number of benzene rings is 3. The van der Waals surface area contributed by atoms with Crippen molar-refractivity contribution >= 4 is 50.1 Å². The van der Waals surface area contributed by atoms with Gasteiger partial charge in [0, 0.05) is 47.4 Å². The molecule has 8 heteroatoms. The summed E-state index contributed by atoms with van der Waals surface area (Å²) in [6.07, 6.45) is 0. The summed E-state index contributed by atoms with van der Waals surface area (Å²) in [5, 5.41) is 3.87. The van der Waals surface area contributed by atoms with Crippen LogP contribution in [0.5, 0.6) is 5.75 Å². The van der Waals surface area contributed by atoms with E-state index in [-0.39, 0.29) is 11.8 Å². The minimum atomic E-state index is -1.05. The molecule has 1 saturated heterocycles. The average molecular weight is 562 g/mol. The Hall–Kier alpha value is -3.78. The van der Waals surface area contributed by atoms with Gasteiger partial charge >= 0.3 is 0 Å². The van der Waals surface area contributed by atoms with E-state index in [1.165, 1.54) is 0 Å². The van der Waals surface area contributed by atoms with E-state index in [1.807, 2.05) is 83.8 Å². The number of carbonyl (C=O) groups excluding carboxylic acids is 2. The van der Waals surface area contributed by atoms with Gasteiger partial charge in [0.1, 0.15) is 11.3 Å². The molecule has 0 radical (unpaired) electrons. The summed E-state index contributed by atoms with van der Waals surface area (Å²) < 4.78 is 12.6. The van der Waals surface area contributed by atoms with E-state index in [0.717, 1.165) is 21.1 Å². The van der Waals surface area contributed by atoms with E-state index in [2.05, 4.69) is 26.1 Å². The molecule has 190 valence electrons. The summed E-state index contributed by atoms with van der Waals surface area (Å²) in [4.78, 5) is 29.9. The maximum absolute atomic E-state index is 12.9. The molecule has 1 aliphatic heterocycles. The Labute approximate surface area is 224 Å². The first-order chi connectivity index (χ1) is 17.8. The highest BCUT2D eigenvalue weighted by Crippen LogP contribution is 2.25. The molecule has 1 aliphatic rings. The van der Waals surface area contributed by atoms with Crippen molar-refractivity contribution in [3.05, 3.63) is 89.1 Å². The Balaban J connectivity index is 1.15. The van der Waals surface area contributed by atoms with Gasteiger partial charge < -0.3 is 24.3 Å². The molecule has 0 saturated carbocycles. The molecule has 0 unspecified atom stereocenters. The fourth-order valence-corrected chi connectivity index (χ4v) is 4.56. The zero-order chi connectivity index (χ0) is 26.0. The van der Waals surface area contributed by atoms with Gasteiger partial charge in [-0.25, -0.2) is 0 Å². The Morgan fingerprint density at radius 2 is 1.59 bits per heavy atom. The van der Waals surface area contributed by atoms with Gasteiger partial charge in [-0.3, -0.25) is 9.59 Å². The smallest absolute Gasteiger partial charge is 0.289 e. The SMILES string of the molecule is CC(C)(Oc1ccc(Br)cc1)C(=O)Nc1ccc(N2CCN(C(=O)c3cc4ccccc4o3)CC2)cc1. The van der Waals surface area contributed by atoms with Crippen molar-refractivity contribution in [2.45, 2.75) is 19.4 Å². The molecule has 1 aromatic heterocycles. The molecule has 4 aromatic rings. The second-order valence-corrected chi connectivity index (χ2v) is 10.4. The molecule has 2 heterocycles. The minimum absolute atomic E-state index is 0.0816. The van der Waals surface area contributed by atoms with E-state index in [0.29, 0.717) is 43.4 Å². The molecule has 0 spiro atoms. The number of nitrogens with zero attached hydrogens (tertiary/aromatic N) is 2. The molecule has 37 heavy (non-hydrogen) atoms. The second-order valence-electron chi connectivity index (χ2n) is 9.50. The zero-order valence-corrected chi connectivity index (χ0v) is 22.3. The standard InChI is InChI=1S/C29H28BrN3O4/c1-29(2,37-24-13-7-21(30)8-14-24)28(35)31-22-9-11-23(12-10-22)32-15-17-33(18-16-32)27(34)26-19-20-5-3-4-6-25(20)36-26/h3-14,19H,15-18H2,1-2H3,(H,31,35). The number of furan rings is 1. The van der Waals surface area contributed by atoms with Crippen molar-refractivity contribution in [3.8, 4) is 5.75 Å². The van der Waals surface area contributed by atoms with Gasteiger partial charge in [-0.05, 0) is 74.5 Å². The van der Waals surface area contributed by atoms with E-state index in [4.69, 9.17) is 9.15 Å². The fourth-order valence-electron chi connectivity index (χ4n) is 4.29. The first kappa shape index (κ1) is 24.9. The van der Waals surface area contributed by atoms with Gasteiger partial charge in [-0.15, -0.1) is 0 Å². The van der Waals surface area contributed by atoms with Gasteiger partial charge in [0.05, 0.1) is 0 Å². The third kappa shape index (κ3) is 5.64. The van der Waals surface area contributed by atoms with E-state index in [9.17, 15) is 9.59 Å². The van der Waals surface area contributed by atoms with Crippen LogP contribution < -0.4 is 15.0 Å². The summed E-state index contributed by atoms with van der Waals surface area (Å²) in [7, 11) is 0. The Kier molecular flexibility index (Phi) is 6.93. The van der Waals surface area contributed by atoms with Crippen LogP contribution in [0.2, 0.25) is 0 Å². The number of carbonyl (C=O) groups is 2. The van der Waals surface area contributed by atoms with Crippen LogP contribution in [0.4, 0.5) is 11.4 Å². The number of fused-ring (bicyclic) bond motifs is 1. The van der Waals surface area contributed by atoms with Gasteiger partial charge in [0.15, 0.2) is 11.4 Å². The molecule has 7 nitrogen and oxygen atoms in total. The normalized spacial score (nSPS) is 14.0. The molecular formula is C29H28BrN3O4. The topological polar surface area (TPSA) is 75.0 Å². The fraction of sp³-hybridized carbons (Fsp3) is 0.241. The number of ether oxygens (including phenoxy) is 1. The number of piperazine rings is 1. The molecular weight excluding hydrogens is 534 g/mol. The largest absolute Gasteiger partial charge is 0.478 e. The maximum atomic E-state index is 12.9. The van der Waals surface area contributed by atoms with Crippen molar-refractivity contribution in [1.29, 1.82) is 0 Å². The van der Waals surface area contributed by atoms with Crippen LogP contribution in [0.3, 0.4) is 0 Å². The number of hydrogen-bond donors (Lipinski definition) is 1. The Bertz CT molecular complexity index is 1370. The lowest BCUT2D eigenvalue weighted by Crippen LogP contribution is -2.48. The van der Waals surface area contributed by atoms with Crippen molar-refractivity contribution in [1.82, 2.24) is 4.90 Å². The minimum Gasteiger partial charge on any atom is -0.478 e. The monoisotopic (exact) mass is 561 g/mol. The predicted octanol–water partition coefficient (Wildman–Crippen LogP) is 5.95. The Morgan fingerprint density at radius 3 is 2.27 bits per heavy atom. The number of nitrogens with one attached hydrogen (secondary N) is 1. The van der Waals surface area contributed by atoms with Crippen molar-refractivity contribution in [3.63, 3.8) is 0 Å². The van der Waals surface area contributed by atoms with Crippen LogP contribution in [0.25, 0.3) is 11.0 Å². The lowest BCUT2D eigenvalue weighted by Gasteiger charge is -2.35. The summed E-state index contributed by atoms with van der Waals surface area (Å²) in [5.74, 6) is 0.682. The van der Waals surface area contributed by atoms with Gasteiger partial charge in [-0.1, -0.05) is 34.1 Å². The lowest BCUT2D eigenvalue weighted by atomic mass is 10.1. The van der Waals surface area contributed by atoms with Crippen molar-refractivity contribution in [2.75, 3.05) is 36.4 Å². The summed E-state index contributed by atoms with van der Waals surface area (Å²) in [6.45, 7) is 6.12. The number of halogens is 1. The van der Waals surface area contributed by atoms with Gasteiger partial charge in [0.2, 0.25) is 0 Å².